The van der Waals surface area contributed by atoms with Gasteiger partial charge in [0.2, 0.25) is 15.9 Å². The molecule has 0 heterocycles. The van der Waals surface area contributed by atoms with E-state index in [1.165, 1.54) is 0 Å². The molecule has 0 unspecified atom stereocenters. The molecule has 2 rings (SSSR count). The molecule has 1 fully saturated rings. The van der Waals surface area contributed by atoms with Crippen LogP contribution in [0.15, 0.2) is 29.2 Å². The van der Waals surface area contributed by atoms with Gasteiger partial charge in [0.25, 0.3) is 0 Å². The molecule has 1 aromatic rings. The Morgan fingerprint density at radius 2 is 1.86 bits per heavy atom. The molecule has 0 saturated heterocycles. The smallest absolute Gasteiger partial charge is 0.240 e. The molecule has 6 nitrogen and oxygen atoms in total. The van der Waals surface area contributed by atoms with Gasteiger partial charge in [0, 0.05) is 18.3 Å². The van der Waals surface area contributed by atoms with Gasteiger partial charge in [-0.3, -0.25) is 4.79 Å². The average molecular weight is 311 g/mol. The van der Waals surface area contributed by atoms with Crippen LogP contribution in [-0.4, -0.2) is 26.9 Å². The van der Waals surface area contributed by atoms with Gasteiger partial charge in [-0.2, -0.15) is 0 Å². The van der Waals surface area contributed by atoms with E-state index in [9.17, 15) is 13.2 Å². The number of sulfonamides is 1. The number of carbonyl (C=O) groups is 1. The minimum atomic E-state index is -3.42. The number of hydrogen-bond donors (Lipinski definition) is 3. The third kappa shape index (κ3) is 4.18. The third-order valence-electron chi connectivity index (χ3n) is 3.47. The van der Waals surface area contributed by atoms with Crippen molar-refractivity contribution >= 4 is 21.6 Å². The number of hydrogen-bond acceptors (Lipinski definition) is 4. The van der Waals surface area contributed by atoms with Gasteiger partial charge in [-0.05, 0) is 51.0 Å². The highest BCUT2D eigenvalue weighted by molar-refractivity contribution is 7.89. The third-order valence-corrected chi connectivity index (χ3v) is 5.00. The van der Waals surface area contributed by atoms with E-state index in [1.807, 2.05) is 0 Å². The zero-order valence-corrected chi connectivity index (χ0v) is 13.0. The summed E-state index contributed by atoms with van der Waals surface area (Å²) in [5, 5.41) is 3.08. The van der Waals surface area contributed by atoms with Gasteiger partial charge in [-0.25, -0.2) is 13.1 Å². The Morgan fingerprint density at radius 3 is 2.33 bits per heavy atom. The van der Waals surface area contributed by atoms with E-state index in [1.54, 1.807) is 38.1 Å². The molecule has 1 aromatic carbocycles. The van der Waals surface area contributed by atoms with Crippen molar-refractivity contribution in [1.29, 1.82) is 0 Å². The largest absolute Gasteiger partial charge is 0.384 e. The Bertz CT molecular complexity index is 619. The molecule has 0 bridgehead atoms. The van der Waals surface area contributed by atoms with Crippen molar-refractivity contribution < 1.29 is 13.2 Å². The van der Waals surface area contributed by atoms with E-state index in [0.29, 0.717) is 6.54 Å². The van der Waals surface area contributed by atoms with E-state index in [2.05, 4.69) is 10.0 Å². The van der Waals surface area contributed by atoms with Gasteiger partial charge in [0.05, 0.1) is 10.3 Å². The molecule has 0 radical (unpaired) electrons. The molecule has 0 aliphatic heterocycles. The van der Waals surface area contributed by atoms with E-state index in [-0.39, 0.29) is 16.8 Å². The van der Waals surface area contributed by atoms with Crippen LogP contribution >= 0.6 is 0 Å². The summed E-state index contributed by atoms with van der Waals surface area (Å²) in [6.45, 7) is 3.89. The molecule has 1 saturated carbocycles. The lowest BCUT2D eigenvalue weighted by Gasteiger charge is -2.21. The summed E-state index contributed by atoms with van der Waals surface area (Å²) in [4.78, 5) is 11.5. The number of amides is 1. The number of benzene rings is 1. The van der Waals surface area contributed by atoms with E-state index in [0.717, 1.165) is 18.5 Å². The van der Waals surface area contributed by atoms with E-state index in [4.69, 9.17) is 5.73 Å². The molecule has 4 N–H and O–H groups in total. The van der Waals surface area contributed by atoms with Crippen molar-refractivity contribution in [3.05, 3.63) is 24.3 Å². The average Bonchev–Trinajstić information content (AvgIpc) is 3.20. The topological polar surface area (TPSA) is 101 Å². The van der Waals surface area contributed by atoms with Crippen LogP contribution in [0.1, 0.15) is 26.7 Å². The normalized spacial score (nSPS) is 15.7. The Kier molecular flexibility index (Phi) is 4.25. The zero-order valence-electron chi connectivity index (χ0n) is 12.2. The fourth-order valence-corrected chi connectivity index (χ4v) is 2.96. The summed E-state index contributed by atoms with van der Waals surface area (Å²) in [6.07, 6.45) is 1.81. The van der Waals surface area contributed by atoms with Crippen LogP contribution in [0.3, 0.4) is 0 Å². The summed E-state index contributed by atoms with van der Waals surface area (Å²) in [7, 11) is -3.42. The molecule has 1 aliphatic rings. The van der Waals surface area contributed by atoms with Crippen LogP contribution in [0.25, 0.3) is 0 Å². The fourth-order valence-electron chi connectivity index (χ4n) is 1.65. The standard InChI is InChI=1S/C14H21N3O3S/c1-14(2,13(15)18)9-16-10-5-7-12(8-6-10)21(19,20)17-11-3-4-11/h5-8,11,16-17H,3-4,9H2,1-2H3,(H2,15,18). The summed E-state index contributed by atoms with van der Waals surface area (Å²) in [5.41, 5.74) is 5.38. The van der Waals surface area contributed by atoms with Crippen LogP contribution in [0.5, 0.6) is 0 Å². The zero-order chi connectivity index (χ0) is 15.7. The summed E-state index contributed by atoms with van der Waals surface area (Å²) >= 11 is 0. The number of nitrogens with one attached hydrogen (secondary N) is 2. The van der Waals surface area contributed by atoms with Gasteiger partial charge < -0.3 is 11.1 Å². The van der Waals surface area contributed by atoms with Crippen molar-refractivity contribution in [2.75, 3.05) is 11.9 Å². The second kappa shape index (κ2) is 5.65. The van der Waals surface area contributed by atoms with Crippen molar-refractivity contribution in [2.45, 2.75) is 37.6 Å². The van der Waals surface area contributed by atoms with E-state index >= 15 is 0 Å². The summed E-state index contributed by atoms with van der Waals surface area (Å²) in [6, 6.07) is 6.54. The number of carbonyl (C=O) groups excluding carboxylic acids is 1. The highest BCUT2D eigenvalue weighted by Crippen LogP contribution is 2.23. The van der Waals surface area contributed by atoms with Crippen molar-refractivity contribution in [2.24, 2.45) is 11.1 Å². The van der Waals surface area contributed by atoms with Crippen LogP contribution in [0, 0.1) is 5.41 Å². The second-order valence-corrected chi connectivity index (χ2v) is 7.74. The molecular formula is C14H21N3O3S. The number of primary amides is 1. The minimum absolute atomic E-state index is 0.0872. The number of nitrogens with two attached hydrogens (primary N) is 1. The first-order chi connectivity index (χ1) is 9.71. The van der Waals surface area contributed by atoms with Crippen LogP contribution in [0.2, 0.25) is 0 Å². The summed E-state index contributed by atoms with van der Waals surface area (Å²) < 4.78 is 26.6. The van der Waals surface area contributed by atoms with Gasteiger partial charge in [0.15, 0.2) is 0 Å². The molecule has 1 aliphatic carbocycles. The van der Waals surface area contributed by atoms with E-state index < -0.39 is 15.4 Å². The molecular weight excluding hydrogens is 290 g/mol. The maximum absolute atomic E-state index is 12.0. The van der Waals surface area contributed by atoms with Gasteiger partial charge in [-0.1, -0.05) is 0 Å². The SMILES string of the molecule is CC(C)(CNc1ccc(S(=O)(=O)NC2CC2)cc1)C(N)=O. The van der Waals surface area contributed by atoms with Crippen LogP contribution < -0.4 is 15.8 Å². The highest BCUT2D eigenvalue weighted by atomic mass is 32.2. The quantitative estimate of drug-likeness (QED) is 0.700. The highest BCUT2D eigenvalue weighted by Gasteiger charge is 2.28. The predicted molar refractivity (Wildman–Crippen MR) is 81.3 cm³/mol. The lowest BCUT2D eigenvalue weighted by Crippen LogP contribution is -2.37. The van der Waals surface area contributed by atoms with Gasteiger partial charge in [-0.15, -0.1) is 0 Å². The van der Waals surface area contributed by atoms with Crippen molar-refractivity contribution in [1.82, 2.24) is 4.72 Å². The van der Waals surface area contributed by atoms with Crippen LogP contribution in [0.4, 0.5) is 5.69 Å². The van der Waals surface area contributed by atoms with Gasteiger partial charge in [0.1, 0.15) is 0 Å². The Hall–Kier alpha value is -1.60. The number of anilines is 1. The predicted octanol–water partition coefficient (Wildman–Crippen LogP) is 1.05. The maximum Gasteiger partial charge on any atom is 0.240 e. The first-order valence-corrected chi connectivity index (χ1v) is 8.35. The first-order valence-electron chi connectivity index (χ1n) is 6.87. The lowest BCUT2D eigenvalue weighted by atomic mass is 9.93. The van der Waals surface area contributed by atoms with Gasteiger partial charge >= 0.3 is 0 Å². The molecule has 21 heavy (non-hydrogen) atoms. The Morgan fingerprint density at radius 1 is 1.29 bits per heavy atom. The van der Waals surface area contributed by atoms with Crippen LogP contribution in [-0.2, 0) is 14.8 Å². The molecule has 7 heteroatoms. The lowest BCUT2D eigenvalue weighted by molar-refractivity contribution is -0.125. The van der Waals surface area contributed by atoms with Crippen molar-refractivity contribution in [3.63, 3.8) is 0 Å². The molecule has 0 aromatic heterocycles. The second-order valence-electron chi connectivity index (χ2n) is 6.02. The fraction of sp³-hybridized carbons (Fsp3) is 0.500. The molecule has 0 atom stereocenters. The molecule has 116 valence electrons. The van der Waals surface area contributed by atoms with Crippen molar-refractivity contribution in [3.8, 4) is 0 Å². The minimum Gasteiger partial charge on any atom is -0.384 e. The Labute approximate surface area is 125 Å². The Balaban J connectivity index is 2.00. The molecule has 1 amide bonds. The monoisotopic (exact) mass is 311 g/mol. The first kappa shape index (κ1) is 15.8. The summed E-state index contributed by atoms with van der Waals surface area (Å²) in [5.74, 6) is -0.386. The maximum atomic E-state index is 12.0. The molecule has 0 spiro atoms. The number of rotatable bonds is 7.